The largest absolute Gasteiger partial charge is 0.496 e. The Hall–Kier alpha value is -2.05. The van der Waals surface area contributed by atoms with Crippen molar-refractivity contribution in [1.82, 2.24) is 0 Å². The minimum atomic E-state index is -0.631. The number of ether oxygens (including phenoxy) is 2. The number of carbonyl (C=O) groups excluding carboxylic acids is 2. The molecule has 1 amide bonds. The highest BCUT2D eigenvalue weighted by Gasteiger charge is 2.15. The molecule has 1 N–H and O–H groups in total. The number of rotatable bonds is 5. The summed E-state index contributed by atoms with van der Waals surface area (Å²) in [5.41, 5.74) is 1.65. The standard InChI is InChI=1S/C17H15BrClNO4/c1-10-7-12(18)13(19)8-14(10)20-16(21)9-24-17(22)11-5-3-4-6-15(11)23-2/h3-8H,9H2,1-2H3,(H,20,21). The van der Waals surface area contributed by atoms with Gasteiger partial charge in [0, 0.05) is 10.2 Å². The van der Waals surface area contributed by atoms with Gasteiger partial charge in [0.15, 0.2) is 6.61 Å². The van der Waals surface area contributed by atoms with Gasteiger partial charge in [0.2, 0.25) is 0 Å². The number of hydrogen-bond acceptors (Lipinski definition) is 4. The Kier molecular flexibility index (Phi) is 6.23. The van der Waals surface area contributed by atoms with Crippen molar-refractivity contribution in [1.29, 1.82) is 0 Å². The average molecular weight is 413 g/mol. The predicted molar refractivity (Wildman–Crippen MR) is 95.8 cm³/mol. The molecule has 0 unspecified atom stereocenters. The maximum Gasteiger partial charge on any atom is 0.342 e. The zero-order valence-corrected chi connectivity index (χ0v) is 15.4. The monoisotopic (exact) mass is 411 g/mol. The van der Waals surface area contributed by atoms with E-state index in [1.807, 2.05) is 6.92 Å². The number of esters is 1. The van der Waals surface area contributed by atoms with E-state index in [-0.39, 0.29) is 5.56 Å². The van der Waals surface area contributed by atoms with Crippen molar-refractivity contribution < 1.29 is 19.1 Å². The van der Waals surface area contributed by atoms with Gasteiger partial charge in [-0.1, -0.05) is 23.7 Å². The summed E-state index contributed by atoms with van der Waals surface area (Å²) in [4.78, 5) is 24.0. The second kappa shape index (κ2) is 8.17. The number of aryl methyl sites for hydroxylation is 1. The molecule has 0 aliphatic carbocycles. The Morgan fingerprint density at radius 3 is 2.67 bits per heavy atom. The van der Waals surface area contributed by atoms with Crippen molar-refractivity contribution in [2.75, 3.05) is 19.0 Å². The zero-order chi connectivity index (χ0) is 17.7. The van der Waals surface area contributed by atoms with Crippen LogP contribution in [0.25, 0.3) is 0 Å². The number of nitrogens with one attached hydrogen (secondary N) is 1. The maximum atomic E-state index is 12.0. The summed E-state index contributed by atoms with van der Waals surface area (Å²) < 4.78 is 10.9. The van der Waals surface area contributed by atoms with Gasteiger partial charge in [0.25, 0.3) is 5.91 Å². The van der Waals surface area contributed by atoms with Gasteiger partial charge < -0.3 is 14.8 Å². The Bertz CT molecular complexity index is 779. The third-order valence-electron chi connectivity index (χ3n) is 3.20. The second-order valence-electron chi connectivity index (χ2n) is 4.91. The Balaban J connectivity index is 1.98. The molecule has 0 fully saturated rings. The van der Waals surface area contributed by atoms with E-state index in [2.05, 4.69) is 21.2 Å². The molecular formula is C17H15BrClNO4. The summed E-state index contributed by atoms with van der Waals surface area (Å²) in [7, 11) is 1.46. The molecule has 5 nitrogen and oxygen atoms in total. The number of amides is 1. The molecule has 0 saturated heterocycles. The van der Waals surface area contributed by atoms with Gasteiger partial charge in [-0.3, -0.25) is 4.79 Å². The van der Waals surface area contributed by atoms with Crippen LogP contribution in [-0.4, -0.2) is 25.6 Å². The molecule has 0 aromatic heterocycles. The van der Waals surface area contributed by atoms with Crippen molar-refractivity contribution in [3.63, 3.8) is 0 Å². The molecule has 2 rings (SSSR count). The summed E-state index contributed by atoms with van der Waals surface area (Å²) in [6, 6.07) is 10.1. The molecule has 7 heteroatoms. The van der Waals surface area contributed by atoms with Crippen molar-refractivity contribution in [2.24, 2.45) is 0 Å². The topological polar surface area (TPSA) is 64.6 Å². The number of para-hydroxylation sites is 1. The van der Waals surface area contributed by atoms with E-state index in [9.17, 15) is 9.59 Å². The average Bonchev–Trinajstić information content (AvgIpc) is 2.57. The molecule has 0 aliphatic rings. The van der Waals surface area contributed by atoms with Crippen LogP contribution in [0.4, 0.5) is 5.69 Å². The summed E-state index contributed by atoms with van der Waals surface area (Å²) in [5.74, 6) is -0.702. The van der Waals surface area contributed by atoms with Crippen LogP contribution in [-0.2, 0) is 9.53 Å². The molecular weight excluding hydrogens is 398 g/mol. The predicted octanol–water partition coefficient (Wildman–Crippen LogP) is 4.22. The third-order valence-corrected chi connectivity index (χ3v) is 4.40. The van der Waals surface area contributed by atoms with E-state index < -0.39 is 18.5 Å². The minimum Gasteiger partial charge on any atom is -0.496 e. The van der Waals surface area contributed by atoms with Gasteiger partial charge in [0.1, 0.15) is 11.3 Å². The zero-order valence-electron chi connectivity index (χ0n) is 13.1. The van der Waals surface area contributed by atoms with Crippen LogP contribution in [0, 0.1) is 6.92 Å². The van der Waals surface area contributed by atoms with E-state index in [4.69, 9.17) is 21.1 Å². The summed E-state index contributed by atoms with van der Waals surface area (Å²) in [5, 5.41) is 3.13. The quantitative estimate of drug-likeness (QED) is 0.747. The van der Waals surface area contributed by atoms with Crippen molar-refractivity contribution in [3.05, 3.63) is 57.0 Å². The van der Waals surface area contributed by atoms with Crippen LogP contribution in [0.5, 0.6) is 5.75 Å². The summed E-state index contributed by atoms with van der Waals surface area (Å²) in [6.07, 6.45) is 0. The van der Waals surface area contributed by atoms with E-state index in [1.165, 1.54) is 7.11 Å². The second-order valence-corrected chi connectivity index (χ2v) is 6.17. The first-order chi connectivity index (χ1) is 11.4. The van der Waals surface area contributed by atoms with Crippen LogP contribution in [0.2, 0.25) is 5.02 Å². The number of benzene rings is 2. The number of halogens is 2. The highest BCUT2D eigenvalue weighted by Crippen LogP contribution is 2.29. The molecule has 0 atom stereocenters. The maximum absolute atomic E-state index is 12.0. The molecule has 0 heterocycles. The molecule has 0 bridgehead atoms. The molecule has 0 spiro atoms. The Morgan fingerprint density at radius 1 is 1.25 bits per heavy atom. The van der Waals surface area contributed by atoms with Crippen LogP contribution in [0.15, 0.2) is 40.9 Å². The van der Waals surface area contributed by atoms with Gasteiger partial charge in [-0.25, -0.2) is 4.79 Å². The lowest BCUT2D eigenvalue weighted by Gasteiger charge is -2.11. The molecule has 2 aromatic carbocycles. The fourth-order valence-corrected chi connectivity index (χ4v) is 2.61. The van der Waals surface area contributed by atoms with E-state index >= 15 is 0 Å². The van der Waals surface area contributed by atoms with E-state index in [0.29, 0.717) is 16.5 Å². The first-order valence-electron chi connectivity index (χ1n) is 6.98. The van der Waals surface area contributed by atoms with Crippen molar-refractivity contribution >= 4 is 45.1 Å². The summed E-state index contributed by atoms with van der Waals surface area (Å²) in [6.45, 7) is 1.42. The van der Waals surface area contributed by atoms with Crippen LogP contribution < -0.4 is 10.1 Å². The van der Waals surface area contributed by atoms with Gasteiger partial charge in [0.05, 0.1) is 12.1 Å². The lowest BCUT2D eigenvalue weighted by atomic mass is 10.2. The van der Waals surface area contributed by atoms with Crippen molar-refractivity contribution in [3.8, 4) is 5.75 Å². The minimum absolute atomic E-state index is 0.260. The fraction of sp³-hybridized carbons (Fsp3) is 0.176. The SMILES string of the molecule is COc1ccccc1C(=O)OCC(=O)Nc1cc(Cl)c(Br)cc1C. The van der Waals surface area contributed by atoms with Gasteiger partial charge >= 0.3 is 5.97 Å². The number of anilines is 1. The van der Waals surface area contributed by atoms with Crippen LogP contribution in [0.3, 0.4) is 0 Å². The smallest absolute Gasteiger partial charge is 0.342 e. The molecule has 126 valence electrons. The van der Waals surface area contributed by atoms with E-state index in [1.54, 1.807) is 36.4 Å². The molecule has 0 aliphatic heterocycles. The summed E-state index contributed by atoms with van der Waals surface area (Å²) >= 11 is 9.32. The molecule has 0 radical (unpaired) electrons. The molecule has 2 aromatic rings. The molecule has 0 saturated carbocycles. The van der Waals surface area contributed by atoms with Crippen LogP contribution in [0.1, 0.15) is 15.9 Å². The Morgan fingerprint density at radius 2 is 1.96 bits per heavy atom. The lowest BCUT2D eigenvalue weighted by Crippen LogP contribution is -2.21. The lowest BCUT2D eigenvalue weighted by molar-refractivity contribution is -0.119. The van der Waals surface area contributed by atoms with Gasteiger partial charge in [-0.15, -0.1) is 0 Å². The first-order valence-corrected chi connectivity index (χ1v) is 8.15. The van der Waals surface area contributed by atoms with Crippen molar-refractivity contribution in [2.45, 2.75) is 6.92 Å². The van der Waals surface area contributed by atoms with E-state index in [0.717, 1.165) is 10.0 Å². The highest BCUT2D eigenvalue weighted by atomic mass is 79.9. The molecule has 24 heavy (non-hydrogen) atoms. The fourth-order valence-electron chi connectivity index (χ4n) is 1.99. The Labute approximate surface area is 153 Å². The number of carbonyl (C=O) groups is 2. The number of hydrogen-bond donors (Lipinski definition) is 1. The normalized spacial score (nSPS) is 10.2. The first kappa shape index (κ1) is 18.3. The number of methoxy groups -OCH3 is 1. The van der Waals surface area contributed by atoms with Gasteiger partial charge in [-0.05, 0) is 52.7 Å². The van der Waals surface area contributed by atoms with Crippen LogP contribution >= 0.6 is 27.5 Å². The third kappa shape index (κ3) is 4.49. The highest BCUT2D eigenvalue weighted by molar-refractivity contribution is 9.10. The van der Waals surface area contributed by atoms with Gasteiger partial charge in [-0.2, -0.15) is 0 Å².